The summed E-state index contributed by atoms with van der Waals surface area (Å²) >= 11 is 0. The third kappa shape index (κ3) is 4.30. The molecule has 2 heterocycles. The van der Waals surface area contributed by atoms with Crippen molar-refractivity contribution in [2.45, 2.75) is 13.5 Å². The van der Waals surface area contributed by atoms with Crippen molar-refractivity contribution in [2.24, 2.45) is 0 Å². The summed E-state index contributed by atoms with van der Waals surface area (Å²) in [5, 5.41) is 3.69. The van der Waals surface area contributed by atoms with Crippen LogP contribution in [0.15, 0.2) is 58.0 Å². The molecule has 1 N–H and O–H groups in total. The van der Waals surface area contributed by atoms with E-state index in [9.17, 15) is 9.59 Å². The minimum absolute atomic E-state index is 0.133. The summed E-state index contributed by atoms with van der Waals surface area (Å²) < 4.78 is 5.20. The molecule has 128 valence electrons. The highest BCUT2D eigenvalue weighted by molar-refractivity contribution is 5.94. The van der Waals surface area contributed by atoms with Crippen molar-refractivity contribution in [3.8, 4) is 0 Å². The van der Waals surface area contributed by atoms with Crippen molar-refractivity contribution in [3.05, 3.63) is 70.3 Å². The molecule has 6 nitrogen and oxygen atoms in total. The second kappa shape index (κ2) is 7.27. The maximum atomic E-state index is 12.2. The molecule has 1 amide bonds. The number of fused-ring (bicyclic) bond motifs is 1. The van der Waals surface area contributed by atoms with E-state index >= 15 is 0 Å². The van der Waals surface area contributed by atoms with Crippen LogP contribution in [0.4, 0.5) is 5.69 Å². The lowest BCUT2D eigenvalue weighted by atomic mass is 10.1. The van der Waals surface area contributed by atoms with Gasteiger partial charge in [0.25, 0.3) is 0 Å². The van der Waals surface area contributed by atoms with Crippen molar-refractivity contribution in [1.29, 1.82) is 0 Å². The van der Waals surface area contributed by atoms with Crippen molar-refractivity contribution in [3.63, 3.8) is 0 Å². The smallest absolute Gasteiger partial charge is 0.336 e. The van der Waals surface area contributed by atoms with Crippen LogP contribution in [0.2, 0.25) is 0 Å². The number of amides is 1. The van der Waals surface area contributed by atoms with E-state index in [1.165, 1.54) is 6.07 Å². The Morgan fingerprint density at radius 3 is 2.72 bits per heavy atom. The average Bonchev–Trinajstić information content (AvgIpc) is 2.54. The number of hydrogen-bond acceptors (Lipinski definition) is 5. The molecule has 0 aliphatic heterocycles. The first kappa shape index (κ1) is 16.9. The van der Waals surface area contributed by atoms with Gasteiger partial charge < -0.3 is 9.73 Å². The van der Waals surface area contributed by atoms with Crippen LogP contribution in [0.1, 0.15) is 11.1 Å². The van der Waals surface area contributed by atoms with Crippen LogP contribution in [0, 0.1) is 6.92 Å². The first-order valence-corrected chi connectivity index (χ1v) is 7.93. The van der Waals surface area contributed by atoms with E-state index < -0.39 is 5.63 Å². The molecule has 0 aliphatic carbocycles. The number of aromatic nitrogens is 1. The van der Waals surface area contributed by atoms with Crippen molar-refractivity contribution >= 4 is 22.6 Å². The Morgan fingerprint density at radius 1 is 1.20 bits per heavy atom. The molecule has 3 aromatic rings. The van der Waals surface area contributed by atoms with Crippen molar-refractivity contribution < 1.29 is 9.21 Å². The highest BCUT2D eigenvalue weighted by atomic mass is 16.4. The predicted octanol–water partition coefficient (Wildman–Crippen LogP) is 2.57. The van der Waals surface area contributed by atoms with Gasteiger partial charge in [-0.3, -0.25) is 14.7 Å². The number of benzene rings is 1. The van der Waals surface area contributed by atoms with Crippen LogP contribution in [-0.2, 0) is 11.3 Å². The summed E-state index contributed by atoms with van der Waals surface area (Å²) in [4.78, 5) is 29.6. The molecule has 0 radical (unpaired) electrons. The van der Waals surface area contributed by atoms with Gasteiger partial charge in [0, 0.05) is 42.1 Å². The molecular weight excluding hydrogens is 318 g/mol. The fraction of sp³-hybridized carbons (Fsp3) is 0.211. The van der Waals surface area contributed by atoms with E-state index in [1.807, 2.05) is 37.1 Å². The van der Waals surface area contributed by atoms with Gasteiger partial charge in [-0.1, -0.05) is 0 Å². The number of rotatable bonds is 5. The molecule has 1 aromatic carbocycles. The molecule has 0 atom stereocenters. The van der Waals surface area contributed by atoms with Gasteiger partial charge in [0.05, 0.1) is 6.54 Å². The summed E-state index contributed by atoms with van der Waals surface area (Å²) in [7, 11) is 1.88. The Balaban J connectivity index is 1.66. The number of nitrogens with zero attached hydrogens (tertiary/aromatic N) is 2. The highest BCUT2D eigenvalue weighted by Gasteiger charge is 2.09. The Kier molecular flexibility index (Phi) is 4.90. The molecule has 25 heavy (non-hydrogen) atoms. The molecule has 0 bridgehead atoms. The fourth-order valence-corrected chi connectivity index (χ4v) is 2.70. The summed E-state index contributed by atoms with van der Waals surface area (Å²) in [6.45, 7) is 2.76. The lowest BCUT2D eigenvalue weighted by Crippen LogP contribution is -2.29. The summed E-state index contributed by atoms with van der Waals surface area (Å²) in [6.07, 6.45) is 3.46. The van der Waals surface area contributed by atoms with Crippen LogP contribution < -0.4 is 10.9 Å². The number of hydrogen-bond donors (Lipinski definition) is 1. The second-order valence-corrected chi connectivity index (χ2v) is 6.04. The lowest BCUT2D eigenvalue weighted by molar-refractivity contribution is -0.117. The third-order valence-electron chi connectivity index (χ3n) is 3.85. The summed E-state index contributed by atoms with van der Waals surface area (Å²) in [6, 6.07) is 10.6. The van der Waals surface area contributed by atoms with Gasteiger partial charge >= 0.3 is 5.63 Å². The molecule has 3 rings (SSSR count). The van der Waals surface area contributed by atoms with E-state index in [2.05, 4.69) is 10.3 Å². The zero-order valence-electron chi connectivity index (χ0n) is 14.2. The Bertz CT molecular complexity index is 951. The number of carbonyl (C=O) groups excluding carboxylic acids is 1. The largest absolute Gasteiger partial charge is 0.423 e. The first-order chi connectivity index (χ1) is 12.0. The number of likely N-dealkylation sites (N-methyl/N-ethyl adjacent to an activating group) is 1. The van der Waals surface area contributed by atoms with E-state index in [4.69, 9.17) is 4.42 Å². The Hall–Kier alpha value is -2.99. The second-order valence-electron chi connectivity index (χ2n) is 6.04. The maximum absolute atomic E-state index is 12.2. The monoisotopic (exact) mass is 337 g/mol. The molecule has 6 heteroatoms. The molecule has 0 unspecified atom stereocenters. The first-order valence-electron chi connectivity index (χ1n) is 7.93. The number of carbonyl (C=O) groups is 1. The summed E-state index contributed by atoms with van der Waals surface area (Å²) in [5.41, 5.74) is 2.61. The van der Waals surface area contributed by atoms with Crippen LogP contribution in [-0.4, -0.2) is 29.4 Å². The van der Waals surface area contributed by atoms with Crippen LogP contribution in [0.25, 0.3) is 11.0 Å². The molecular formula is C19H19N3O3. The zero-order chi connectivity index (χ0) is 17.8. The van der Waals surface area contributed by atoms with Gasteiger partial charge in [0.2, 0.25) is 5.91 Å². The van der Waals surface area contributed by atoms with E-state index in [-0.39, 0.29) is 12.5 Å². The average molecular weight is 337 g/mol. The Morgan fingerprint density at radius 2 is 1.96 bits per heavy atom. The topological polar surface area (TPSA) is 75.4 Å². The van der Waals surface area contributed by atoms with Crippen LogP contribution in [0.3, 0.4) is 0 Å². The molecule has 0 spiro atoms. The number of aryl methyl sites for hydroxylation is 1. The molecule has 2 aromatic heterocycles. The van der Waals surface area contributed by atoms with Gasteiger partial charge in [0.1, 0.15) is 5.58 Å². The van der Waals surface area contributed by atoms with E-state index in [1.54, 1.807) is 24.5 Å². The standard InChI is InChI=1S/C19H19N3O3/c1-13-9-19(24)25-17-10-15(3-4-16(13)17)21-18(23)12-22(2)11-14-5-7-20-8-6-14/h3-10H,11-12H2,1-2H3,(H,21,23). The lowest BCUT2D eigenvalue weighted by Gasteiger charge is -2.16. The predicted molar refractivity (Wildman–Crippen MR) is 96.4 cm³/mol. The number of pyridine rings is 1. The quantitative estimate of drug-likeness (QED) is 0.724. The number of anilines is 1. The normalized spacial score (nSPS) is 11.0. The Labute approximate surface area is 145 Å². The minimum Gasteiger partial charge on any atom is -0.423 e. The fourth-order valence-electron chi connectivity index (χ4n) is 2.70. The summed E-state index contributed by atoms with van der Waals surface area (Å²) in [5.74, 6) is -0.133. The van der Waals surface area contributed by atoms with Crippen molar-refractivity contribution in [2.75, 3.05) is 18.9 Å². The van der Waals surface area contributed by atoms with Crippen LogP contribution >= 0.6 is 0 Å². The molecule has 0 aliphatic rings. The number of nitrogens with one attached hydrogen (secondary N) is 1. The van der Waals surface area contributed by atoms with Gasteiger partial charge in [-0.25, -0.2) is 4.79 Å². The van der Waals surface area contributed by atoms with Crippen molar-refractivity contribution in [1.82, 2.24) is 9.88 Å². The maximum Gasteiger partial charge on any atom is 0.336 e. The molecule has 0 saturated heterocycles. The minimum atomic E-state index is -0.398. The zero-order valence-corrected chi connectivity index (χ0v) is 14.2. The highest BCUT2D eigenvalue weighted by Crippen LogP contribution is 2.20. The van der Waals surface area contributed by atoms with E-state index in [0.29, 0.717) is 17.8 Å². The van der Waals surface area contributed by atoms with Gasteiger partial charge in [-0.05, 0) is 49.4 Å². The van der Waals surface area contributed by atoms with Gasteiger partial charge in [-0.15, -0.1) is 0 Å². The van der Waals surface area contributed by atoms with Gasteiger partial charge in [0.15, 0.2) is 0 Å². The van der Waals surface area contributed by atoms with E-state index in [0.717, 1.165) is 16.5 Å². The molecule has 0 saturated carbocycles. The SMILES string of the molecule is Cc1cc(=O)oc2cc(NC(=O)CN(C)Cc3ccncc3)ccc12. The van der Waals surface area contributed by atoms with Crippen LogP contribution in [0.5, 0.6) is 0 Å². The molecule has 0 fully saturated rings. The van der Waals surface area contributed by atoms with Gasteiger partial charge in [-0.2, -0.15) is 0 Å². The third-order valence-corrected chi connectivity index (χ3v) is 3.85.